The molecule has 0 aliphatic carbocycles. The third-order valence-corrected chi connectivity index (χ3v) is 2.91. The number of nitrogens with zero attached hydrogens (tertiary/aromatic N) is 3. The van der Waals surface area contributed by atoms with E-state index in [9.17, 15) is 9.90 Å². The fourth-order valence-corrected chi connectivity index (χ4v) is 1.82. The molecule has 0 aliphatic heterocycles. The predicted molar refractivity (Wildman–Crippen MR) is 69.0 cm³/mol. The third kappa shape index (κ3) is 3.17. The largest absolute Gasteiger partial charge is 0.394 e. The summed E-state index contributed by atoms with van der Waals surface area (Å²) < 4.78 is 1.43. The van der Waals surface area contributed by atoms with Crippen molar-refractivity contribution in [1.82, 2.24) is 20.1 Å². The van der Waals surface area contributed by atoms with E-state index in [-0.39, 0.29) is 19.1 Å². The first-order valence-corrected chi connectivity index (χ1v) is 5.94. The lowest BCUT2D eigenvalue weighted by atomic mass is 9.93. The molecule has 0 saturated carbocycles. The molecule has 0 spiro atoms. The number of aromatic nitrogens is 3. The average molecular weight is 260 g/mol. The lowest BCUT2D eigenvalue weighted by Gasteiger charge is -2.29. The summed E-state index contributed by atoms with van der Waals surface area (Å²) in [5, 5.41) is 16.3. The number of hydrogen-bond donors (Lipinski definition) is 2. The molecule has 1 atom stereocenters. The minimum Gasteiger partial charge on any atom is -0.394 e. The van der Waals surface area contributed by atoms with Gasteiger partial charge in [-0.25, -0.2) is 9.67 Å². The van der Waals surface area contributed by atoms with Crippen molar-refractivity contribution in [2.75, 3.05) is 6.61 Å². The van der Waals surface area contributed by atoms with Crippen LogP contribution in [0.4, 0.5) is 0 Å². The number of carbonyl (C=O) groups excluding carboxylic acids is 1. The molecule has 0 saturated heterocycles. The van der Waals surface area contributed by atoms with Crippen LogP contribution < -0.4 is 5.32 Å². The summed E-state index contributed by atoms with van der Waals surface area (Å²) in [6.45, 7) is 1.67. The number of carbonyl (C=O) groups is 1. The molecule has 1 heterocycles. The normalized spacial score (nSPS) is 13.8. The van der Waals surface area contributed by atoms with E-state index >= 15 is 0 Å². The van der Waals surface area contributed by atoms with Crippen LogP contribution in [0.25, 0.3) is 0 Å². The lowest BCUT2D eigenvalue weighted by Crippen LogP contribution is -2.47. The van der Waals surface area contributed by atoms with Gasteiger partial charge >= 0.3 is 0 Å². The van der Waals surface area contributed by atoms with Crippen molar-refractivity contribution in [1.29, 1.82) is 0 Å². The summed E-state index contributed by atoms with van der Waals surface area (Å²) in [6.07, 6.45) is 2.84. The van der Waals surface area contributed by atoms with E-state index in [2.05, 4.69) is 15.4 Å². The first-order chi connectivity index (χ1) is 9.14. The molecule has 19 heavy (non-hydrogen) atoms. The second kappa shape index (κ2) is 5.62. The smallest absolute Gasteiger partial charge is 0.242 e. The number of hydrogen-bond acceptors (Lipinski definition) is 4. The van der Waals surface area contributed by atoms with Gasteiger partial charge in [0.25, 0.3) is 0 Å². The summed E-state index contributed by atoms with van der Waals surface area (Å²) in [5.74, 6) is -0.231. The highest BCUT2D eigenvalue weighted by atomic mass is 16.3. The van der Waals surface area contributed by atoms with Gasteiger partial charge < -0.3 is 10.4 Å². The van der Waals surface area contributed by atoms with Crippen LogP contribution in [-0.2, 0) is 16.9 Å². The van der Waals surface area contributed by atoms with Gasteiger partial charge in [0.2, 0.25) is 5.91 Å². The van der Waals surface area contributed by atoms with Crippen molar-refractivity contribution in [3.8, 4) is 0 Å². The number of nitrogens with one attached hydrogen (secondary N) is 1. The average Bonchev–Trinajstić information content (AvgIpc) is 2.92. The Hall–Kier alpha value is -2.21. The molecule has 1 aromatic carbocycles. The van der Waals surface area contributed by atoms with Crippen molar-refractivity contribution >= 4 is 5.91 Å². The zero-order chi connectivity index (χ0) is 13.7. The quantitative estimate of drug-likeness (QED) is 0.810. The number of aliphatic hydroxyl groups excluding tert-OH is 1. The fraction of sp³-hybridized carbons (Fsp3) is 0.308. The number of rotatable bonds is 5. The summed E-state index contributed by atoms with van der Waals surface area (Å²) in [7, 11) is 0. The number of amides is 1. The van der Waals surface area contributed by atoms with Crippen LogP contribution in [0.2, 0.25) is 0 Å². The molecule has 1 unspecified atom stereocenters. The Morgan fingerprint density at radius 3 is 2.74 bits per heavy atom. The first kappa shape index (κ1) is 13.2. The minimum absolute atomic E-state index is 0.0718. The zero-order valence-electron chi connectivity index (χ0n) is 10.7. The van der Waals surface area contributed by atoms with Crippen molar-refractivity contribution in [3.05, 3.63) is 48.5 Å². The van der Waals surface area contributed by atoms with E-state index in [1.165, 1.54) is 17.3 Å². The fourth-order valence-electron chi connectivity index (χ4n) is 1.82. The van der Waals surface area contributed by atoms with Gasteiger partial charge in [-0.05, 0) is 12.5 Å². The van der Waals surface area contributed by atoms with Crippen molar-refractivity contribution in [2.45, 2.75) is 19.0 Å². The highest BCUT2D eigenvalue weighted by Gasteiger charge is 2.27. The summed E-state index contributed by atoms with van der Waals surface area (Å²) in [4.78, 5) is 15.7. The van der Waals surface area contributed by atoms with Crippen LogP contribution in [0.1, 0.15) is 12.5 Å². The van der Waals surface area contributed by atoms with E-state index in [1.807, 2.05) is 30.3 Å². The molecule has 0 aliphatic rings. The van der Waals surface area contributed by atoms with Gasteiger partial charge in [0.05, 0.1) is 12.1 Å². The standard InChI is InChI=1S/C13H16N4O2/c1-13(8-18,11-5-3-2-4-6-11)16-12(19)7-17-10-14-9-15-17/h2-6,9-10,18H,7-8H2,1H3,(H,16,19). The number of benzene rings is 1. The lowest BCUT2D eigenvalue weighted by molar-refractivity contribution is -0.124. The molecule has 2 rings (SSSR count). The SMILES string of the molecule is CC(CO)(NC(=O)Cn1cncn1)c1ccccc1. The Morgan fingerprint density at radius 1 is 1.42 bits per heavy atom. The van der Waals surface area contributed by atoms with E-state index in [0.717, 1.165) is 5.56 Å². The van der Waals surface area contributed by atoms with Crippen LogP contribution in [0.5, 0.6) is 0 Å². The molecule has 0 bridgehead atoms. The van der Waals surface area contributed by atoms with Crippen LogP contribution in [0, 0.1) is 0 Å². The molecule has 2 N–H and O–H groups in total. The zero-order valence-corrected chi connectivity index (χ0v) is 10.7. The Morgan fingerprint density at radius 2 is 2.16 bits per heavy atom. The van der Waals surface area contributed by atoms with Crippen molar-refractivity contribution in [3.63, 3.8) is 0 Å². The van der Waals surface area contributed by atoms with Crippen LogP contribution in [-0.4, -0.2) is 32.4 Å². The summed E-state index contributed by atoms with van der Waals surface area (Å²) in [6, 6.07) is 9.36. The van der Waals surface area contributed by atoms with Gasteiger partial charge in [-0.2, -0.15) is 5.10 Å². The highest BCUT2D eigenvalue weighted by molar-refractivity contribution is 5.76. The molecular weight excluding hydrogens is 244 g/mol. The predicted octanol–water partition coefficient (Wildman–Crippen LogP) is 0.302. The van der Waals surface area contributed by atoms with E-state index in [1.54, 1.807) is 6.92 Å². The maximum absolute atomic E-state index is 11.9. The van der Waals surface area contributed by atoms with Gasteiger partial charge in [-0.1, -0.05) is 30.3 Å². The maximum atomic E-state index is 11.9. The Kier molecular flexibility index (Phi) is 3.91. The molecule has 0 radical (unpaired) electrons. The summed E-state index contributed by atoms with van der Waals surface area (Å²) >= 11 is 0. The first-order valence-electron chi connectivity index (χ1n) is 5.94. The van der Waals surface area contributed by atoms with Crippen LogP contribution in [0.15, 0.2) is 43.0 Å². The molecule has 100 valence electrons. The molecule has 1 amide bonds. The van der Waals surface area contributed by atoms with Gasteiger partial charge in [-0.15, -0.1) is 0 Å². The Labute approximate surface area is 111 Å². The van der Waals surface area contributed by atoms with Crippen LogP contribution in [0.3, 0.4) is 0 Å². The topological polar surface area (TPSA) is 80.0 Å². The molecule has 6 heteroatoms. The van der Waals surface area contributed by atoms with Gasteiger partial charge in [0.15, 0.2) is 0 Å². The van der Waals surface area contributed by atoms with Gasteiger partial charge in [0.1, 0.15) is 19.2 Å². The van der Waals surface area contributed by atoms with Crippen molar-refractivity contribution in [2.24, 2.45) is 0 Å². The van der Waals surface area contributed by atoms with E-state index in [0.29, 0.717) is 0 Å². The van der Waals surface area contributed by atoms with Crippen LogP contribution >= 0.6 is 0 Å². The molecule has 0 fully saturated rings. The highest BCUT2D eigenvalue weighted by Crippen LogP contribution is 2.19. The number of aliphatic hydroxyl groups is 1. The van der Waals surface area contributed by atoms with Crippen molar-refractivity contribution < 1.29 is 9.90 Å². The molecule has 2 aromatic rings. The summed E-state index contributed by atoms with van der Waals surface area (Å²) in [5.41, 5.74) is 0.0447. The second-order valence-corrected chi connectivity index (χ2v) is 4.50. The van der Waals surface area contributed by atoms with Gasteiger partial charge in [-0.3, -0.25) is 4.79 Å². The Balaban J connectivity index is 2.08. The molecular formula is C13H16N4O2. The third-order valence-electron chi connectivity index (χ3n) is 2.91. The Bertz CT molecular complexity index is 527. The minimum atomic E-state index is -0.807. The van der Waals surface area contributed by atoms with E-state index in [4.69, 9.17) is 0 Å². The molecule has 1 aromatic heterocycles. The maximum Gasteiger partial charge on any atom is 0.242 e. The molecule has 6 nitrogen and oxygen atoms in total. The monoisotopic (exact) mass is 260 g/mol. The van der Waals surface area contributed by atoms with Gasteiger partial charge in [0, 0.05) is 0 Å². The van der Waals surface area contributed by atoms with E-state index < -0.39 is 5.54 Å². The second-order valence-electron chi connectivity index (χ2n) is 4.50.